The van der Waals surface area contributed by atoms with Crippen molar-refractivity contribution in [3.8, 4) is 11.3 Å². The minimum Gasteiger partial charge on any atom is -0.376 e. The van der Waals surface area contributed by atoms with Crippen molar-refractivity contribution in [1.29, 1.82) is 0 Å². The van der Waals surface area contributed by atoms with Gasteiger partial charge in [-0.25, -0.2) is 4.79 Å². The third-order valence-corrected chi connectivity index (χ3v) is 5.54. The van der Waals surface area contributed by atoms with E-state index in [1.54, 1.807) is 11.4 Å². The molecule has 28 heavy (non-hydrogen) atoms. The van der Waals surface area contributed by atoms with Gasteiger partial charge in [-0.05, 0) is 18.4 Å². The van der Waals surface area contributed by atoms with Crippen LogP contribution in [0.15, 0.2) is 46.1 Å². The van der Waals surface area contributed by atoms with Crippen molar-refractivity contribution in [2.24, 2.45) is 14.1 Å². The van der Waals surface area contributed by atoms with Crippen LogP contribution in [0.4, 0.5) is 0 Å². The predicted octanol–water partition coefficient (Wildman–Crippen LogP) is 1.53. The molecule has 1 saturated heterocycles. The van der Waals surface area contributed by atoms with E-state index >= 15 is 0 Å². The second-order valence-electron chi connectivity index (χ2n) is 7.29. The molecule has 4 heterocycles. The smallest absolute Gasteiger partial charge is 0.332 e. The highest BCUT2D eigenvalue weighted by Gasteiger charge is 2.24. The van der Waals surface area contributed by atoms with Crippen LogP contribution in [-0.4, -0.2) is 35.8 Å². The van der Waals surface area contributed by atoms with Crippen molar-refractivity contribution in [3.05, 3.63) is 57.4 Å². The zero-order chi connectivity index (χ0) is 19.4. The highest BCUT2D eigenvalue weighted by molar-refractivity contribution is 5.78. The molecule has 1 aromatic carbocycles. The Kier molecular flexibility index (Phi) is 3.77. The Balaban J connectivity index is 1.84. The van der Waals surface area contributed by atoms with E-state index in [9.17, 15) is 9.59 Å². The van der Waals surface area contributed by atoms with Gasteiger partial charge in [-0.1, -0.05) is 30.3 Å². The third kappa shape index (κ3) is 2.37. The van der Waals surface area contributed by atoms with Gasteiger partial charge in [0.1, 0.15) is 0 Å². The van der Waals surface area contributed by atoms with Crippen molar-refractivity contribution in [2.75, 3.05) is 6.61 Å². The maximum absolute atomic E-state index is 12.8. The zero-order valence-electron chi connectivity index (χ0n) is 15.8. The lowest BCUT2D eigenvalue weighted by Gasteiger charge is -2.13. The maximum Gasteiger partial charge on any atom is 0.332 e. The van der Waals surface area contributed by atoms with Gasteiger partial charge in [0.05, 0.1) is 18.3 Å². The van der Waals surface area contributed by atoms with Crippen molar-refractivity contribution >= 4 is 16.9 Å². The number of ether oxygens (including phenoxy) is 1. The van der Waals surface area contributed by atoms with Gasteiger partial charge < -0.3 is 9.30 Å². The molecule has 5 rings (SSSR count). The summed E-state index contributed by atoms with van der Waals surface area (Å²) in [7, 11) is 3.13. The Bertz CT molecular complexity index is 1300. The number of aromatic nitrogens is 5. The van der Waals surface area contributed by atoms with E-state index in [1.807, 2.05) is 36.5 Å². The number of fused-ring (bicyclic) bond motifs is 3. The fraction of sp³-hybridized carbons (Fsp3) is 0.350. The van der Waals surface area contributed by atoms with E-state index in [1.165, 1.54) is 11.6 Å². The minimum absolute atomic E-state index is 0.116. The summed E-state index contributed by atoms with van der Waals surface area (Å²) < 4.78 is 12.3. The van der Waals surface area contributed by atoms with Gasteiger partial charge in [0.25, 0.3) is 5.56 Å². The number of hydrogen-bond acceptors (Lipinski definition) is 4. The van der Waals surface area contributed by atoms with Gasteiger partial charge in [-0.15, -0.1) is 0 Å². The number of aryl methyl sites for hydroxylation is 1. The minimum atomic E-state index is -0.382. The molecule has 4 aromatic rings. The number of benzene rings is 1. The maximum atomic E-state index is 12.8. The molecule has 0 aliphatic carbocycles. The molecule has 0 radical (unpaired) electrons. The van der Waals surface area contributed by atoms with Gasteiger partial charge >= 0.3 is 5.69 Å². The summed E-state index contributed by atoms with van der Waals surface area (Å²) in [5.74, 6) is 0.641. The number of hydrogen-bond donors (Lipinski definition) is 0. The van der Waals surface area contributed by atoms with E-state index in [0.717, 1.165) is 35.3 Å². The lowest BCUT2D eigenvalue weighted by Crippen LogP contribution is -2.37. The van der Waals surface area contributed by atoms with Crippen LogP contribution in [0.5, 0.6) is 0 Å². The van der Waals surface area contributed by atoms with Crippen molar-refractivity contribution < 1.29 is 4.74 Å². The zero-order valence-corrected chi connectivity index (χ0v) is 15.8. The summed E-state index contributed by atoms with van der Waals surface area (Å²) in [4.78, 5) is 29.8. The van der Waals surface area contributed by atoms with E-state index in [4.69, 9.17) is 4.74 Å². The lowest BCUT2D eigenvalue weighted by molar-refractivity contribution is 0.0981. The SMILES string of the molecule is Cn1c(=O)c2c(nc3n(C[C@@H]4CCCO4)c(-c4ccccc4)cn23)n(C)c1=O. The predicted molar refractivity (Wildman–Crippen MR) is 106 cm³/mol. The molecular weight excluding hydrogens is 358 g/mol. The molecule has 0 amide bonds. The Morgan fingerprint density at radius 3 is 2.64 bits per heavy atom. The molecule has 0 bridgehead atoms. The molecule has 1 aliphatic rings. The van der Waals surface area contributed by atoms with Crippen LogP contribution in [0, 0.1) is 0 Å². The third-order valence-electron chi connectivity index (χ3n) is 5.54. The van der Waals surface area contributed by atoms with Crippen LogP contribution in [0.1, 0.15) is 12.8 Å². The van der Waals surface area contributed by atoms with Crippen LogP contribution in [-0.2, 0) is 25.4 Å². The average Bonchev–Trinajstić information content (AvgIpc) is 3.42. The summed E-state index contributed by atoms with van der Waals surface area (Å²) >= 11 is 0. The second-order valence-corrected chi connectivity index (χ2v) is 7.29. The van der Waals surface area contributed by atoms with Crippen LogP contribution < -0.4 is 11.2 Å². The number of nitrogens with zero attached hydrogens (tertiary/aromatic N) is 5. The molecule has 8 heteroatoms. The first kappa shape index (κ1) is 17.0. The monoisotopic (exact) mass is 379 g/mol. The van der Waals surface area contributed by atoms with Crippen molar-refractivity contribution in [3.63, 3.8) is 0 Å². The van der Waals surface area contributed by atoms with Crippen LogP contribution in [0.2, 0.25) is 0 Å². The van der Waals surface area contributed by atoms with Crippen molar-refractivity contribution in [1.82, 2.24) is 23.1 Å². The molecular formula is C20H21N5O3. The summed E-state index contributed by atoms with van der Waals surface area (Å²) in [6.45, 7) is 1.42. The van der Waals surface area contributed by atoms with E-state index in [-0.39, 0.29) is 17.4 Å². The van der Waals surface area contributed by atoms with Gasteiger partial charge in [0.2, 0.25) is 5.78 Å². The molecule has 8 nitrogen and oxygen atoms in total. The fourth-order valence-electron chi connectivity index (χ4n) is 4.03. The van der Waals surface area contributed by atoms with Crippen LogP contribution in [0.25, 0.3) is 28.2 Å². The molecule has 144 valence electrons. The van der Waals surface area contributed by atoms with Gasteiger partial charge in [0.15, 0.2) is 11.2 Å². The van der Waals surface area contributed by atoms with Gasteiger partial charge in [-0.2, -0.15) is 4.98 Å². The Morgan fingerprint density at radius 1 is 1.14 bits per heavy atom. The van der Waals surface area contributed by atoms with Gasteiger partial charge in [-0.3, -0.25) is 18.3 Å². The summed E-state index contributed by atoms with van der Waals surface area (Å²) in [6.07, 6.45) is 4.10. The molecule has 1 fully saturated rings. The molecule has 0 unspecified atom stereocenters. The number of imidazole rings is 2. The molecule has 0 saturated carbocycles. The quantitative estimate of drug-likeness (QED) is 0.541. The molecule has 3 aromatic heterocycles. The fourth-order valence-corrected chi connectivity index (χ4v) is 4.03. The summed E-state index contributed by atoms with van der Waals surface area (Å²) in [6, 6.07) is 10.0. The largest absolute Gasteiger partial charge is 0.376 e. The Morgan fingerprint density at radius 2 is 1.93 bits per heavy atom. The highest BCUT2D eigenvalue weighted by Crippen LogP contribution is 2.27. The first-order chi connectivity index (χ1) is 13.6. The van der Waals surface area contributed by atoms with Crippen molar-refractivity contribution in [2.45, 2.75) is 25.5 Å². The number of rotatable bonds is 3. The molecule has 1 atom stereocenters. The Hall–Kier alpha value is -3.13. The van der Waals surface area contributed by atoms with E-state index in [2.05, 4.69) is 9.55 Å². The molecule has 0 N–H and O–H groups in total. The van der Waals surface area contributed by atoms with Crippen LogP contribution in [0.3, 0.4) is 0 Å². The highest BCUT2D eigenvalue weighted by atomic mass is 16.5. The van der Waals surface area contributed by atoms with E-state index in [0.29, 0.717) is 23.5 Å². The summed E-state index contributed by atoms with van der Waals surface area (Å²) in [5.41, 5.74) is 2.08. The first-order valence-corrected chi connectivity index (χ1v) is 9.40. The Labute approximate surface area is 160 Å². The first-order valence-electron chi connectivity index (χ1n) is 9.40. The molecule has 0 spiro atoms. The van der Waals surface area contributed by atoms with Gasteiger partial charge in [0, 0.05) is 26.9 Å². The summed E-state index contributed by atoms with van der Waals surface area (Å²) in [5, 5.41) is 0. The lowest BCUT2D eigenvalue weighted by atomic mass is 10.1. The van der Waals surface area contributed by atoms with E-state index < -0.39 is 0 Å². The topological polar surface area (TPSA) is 75.5 Å². The van der Waals surface area contributed by atoms with Crippen LogP contribution >= 0.6 is 0 Å². The second kappa shape index (κ2) is 6.20. The average molecular weight is 379 g/mol. The standard InChI is InChI=1S/C20H21N5O3/c1-22-17-16(18(26)23(2)20(22)27)25-12-15(13-7-4-3-5-8-13)24(19(25)21-17)11-14-9-6-10-28-14/h3-5,7-8,12,14H,6,9-11H2,1-2H3/t14-/m0/s1. The normalized spacial score (nSPS) is 17.1. The molecule has 1 aliphatic heterocycles.